The molecule has 2 aromatic carbocycles. The zero-order valence-corrected chi connectivity index (χ0v) is 14.3. The summed E-state index contributed by atoms with van der Waals surface area (Å²) in [6.45, 7) is 8.31. The predicted octanol–water partition coefficient (Wildman–Crippen LogP) is 6.61. The van der Waals surface area contributed by atoms with Crippen molar-refractivity contribution in [3.05, 3.63) is 51.5 Å². The van der Waals surface area contributed by atoms with Crippen LogP contribution in [0, 0.1) is 0 Å². The molecule has 21 heavy (non-hydrogen) atoms. The van der Waals surface area contributed by atoms with Gasteiger partial charge in [0.1, 0.15) is 5.75 Å². The van der Waals surface area contributed by atoms with Crippen molar-refractivity contribution in [2.75, 3.05) is 0 Å². The second-order valence-corrected chi connectivity index (χ2v) is 6.84. The summed E-state index contributed by atoms with van der Waals surface area (Å²) in [5.41, 5.74) is 3.90. The molecule has 0 saturated carbocycles. The Kier molecular flexibility index (Phi) is 4.85. The molecule has 0 aliphatic heterocycles. The second kappa shape index (κ2) is 6.29. The molecule has 112 valence electrons. The van der Waals surface area contributed by atoms with E-state index in [0.29, 0.717) is 15.8 Å². The van der Waals surface area contributed by atoms with Gasteiger partial charge in [-0.05, 0) is 64.4 Å². The molecule has 0 saturated heterocycles. The highest BCUT2D eigenvalue weighted by Crippen LogP contribution is 2.38. The molecule has 0 radical (unpaired) electrons. The summed E-state index contributed by atoms with van der Waals surface area (Å²) < 4.78 is 0. The Labute approximate surface area is 136 Å². The summed E-state index contributed by atoms with van der Waals surface area (Å²) in [4.78, 5) is 0. The van der Waals surface area contributed by atoms with Crippen LogP contribution in [0.4, 0.5) is 0 Å². The molecule has 2 aromatic rings. The first-order valence-electron chi connectivity index (χ1n) is 7.13. The Morgan fingerprint density at radius 2 is 1.10 bits per heavy atom. The van der Waals surface area contributed by atoms with Gasteiger partial charge < -0.3 is 5.11 Å². The molecule has 0 heterocycles. The van der Waals surface area contributed by atoms with Crippen LogP contribution in [0.5, 0.6) is 5.75 Å². The standard InChI is InChI=1S/C18H20Cl2O/c1-10(2)16-7-13(8-17(11(3)4)18(16)21)12-5-14(19)9-15(20)6-12/h5-11,21H,1-4H3. The Morgan fingerprint density at radius 3 is 1.48 bits per heavy atom. The molecule has 0 aliphatic rings. The number of aromatic hydroxyl groups is 1. The lowest BCUT2D eigenvalue weighted by atomic mass is 9.89. The summed E-state index contributed by atoms with van der Waals surface area (Å²) in [5, 5.41) is 11.7. The van der Waals surface area contributed by atoms with E-state index < -0.39 is 0 Å². The second-order valence-electron chi connectivity index (χ2n) is 5.97. The Balaban J connectivity index is 2.68. The van der Waals surface area contributed by atoms with Gasteiger partial charge in [-0.1, -0.05) is 50.9 Å². The van der Waals surface area contributed by atoms with E-state index >= 15 is 0 Å². The number of halogens is 2. The van der Waals surface area contributed by atoms with Gasteiger partial charge in [0.15, 0.2) is 0 Å². The lowest BCUT2D eigenvalue weighted by Gasteiger charge is -2.18. The third-order valence-corrected chi connectivity index (χ3v) is 4.05. The number of rotatable bonds is 3. The highest BCUT2D eigenvalue weighted by molar-refractivity contribution is 6.35. The van der Waals surface area contributed by atoms with Crippen LogP contribution in [0.2, 0.25) is 10.0 Å². The minimum absolute atomic E-state index is 0.247. The van der Waals surface area contributed by atoms with E-state index in [1.165, 1.54) is 0 Å². The van der Waals surface area contributed by atoms with Gasteiger partial charge in [0.05, 0.1) is 0 Å². The summed E-state index contributed by atoms with van der Waals surface area (Å²) in [5.74, 6) is 0.895. The zero-order chi connectivity index (χ0) is 15.7. The van der Waals surface area contributed by atoms with Crippen molar-refractivity contribution in [2.45, 2.75) is 39.5 Å². The Hall–Kier alpha value is -1.18. The topological polar surface area (TPSA) is 20.2 Å². The van der Waals surface area contributed by atoms with Crippen molar-refractivity contribution in [1.82, 2.24) is 0 Å². The Bertz CT molecular complexity index is 611. The summed E-state index contributed by atoms with van der Waals surface area (Å²) in [7, 11) is 0. The average Bonchev–Trinajstić information content (AvgIpc) is 2.36. The number of benzene rings is 2. The highest BCUT2D eigenvalue weighted by atomic mass is 35.5. The van der Waals surface area contributed by atoms with Crippen molar-refractivity contribution in [2.24, 2.45) is 0 Å². The van der Waals surface area contributed by atoms with E-state index in [0.717, 1.165) is 22.3 Å². The van der Waals surface area contributed by atoms with Gasteiger partial charge in [0.2, 0.25) is 0 Å². The first kappa shape index (κ1) is 16.2. The molecule has 0 spiro atoms. The van der Waals surface area contributed by atoms with Gasteiger partial charge in [-0.15, -0.1) is 0 Å². The maximum atomic E-state index is 10.5. The third-order valence-electron chi connectivity index (χ3n) is 3.61. The van der Waals surface area contributed by atoms with Crippen molar-refractivity contribution in [3.8, 4) is 16.9 Å². The van der Waals surface area contributed by atoms with Gasteiger partial charge in [-0.25, -0.2) is 0 Å². The average molecular weight is 323 g/mol. The molecule has 0 aromatic heterocycles. The minimum Gasteiger partial charge on any atom is -0.507 e. The first-order valence-corrected chi connectivity index (χ1v) is 7.88. The maximum Gasteiger partial charge on any atom is 0.122 e. The van der Waals surface area contributed by atoms with E-state index in [1.54, 1.807) is 6.07 Å². The fraction of sp³-hybridized carbons (Fsp3) is 0.333. The van der Waals surface area contributed by atoms with Crippen molar-refractivity contribution < 1.29 is 5.11 Å². The van der Waals surface area contributed by atoms with E-state index in [1.807, 2.05) is 24.3 Å². The summed E-state index contributed by atoms with van der Waals surface area (Å²) in [6, 6.07) is 9.56. The lowest BCUT2D eigenvalue weighted by Crippen LogP contribution is -1.97. The number of phenols is 1. The van der Waals surface area contributed by atoms with E-state index in [9.17, 15) is 5.11 Å². The SMILES string of the molecule is CC(C)c1cc(-c2cc(Cl)cc(Cl)c2)cc(C(C)C)c1O. The largest absolute Gasteiger partial charge is 0.507 e. The number of phenolic OH excluding ortho intramolecular Hbond substituents is 1. The fourth-order valence-corrected chi connectivity index (χ4v) is 2.97. The van der Waals surface area contributed by atoms with Crippen molar-refractivity contribution in [1.29, 1.82) is 0 Å². The fourth-order valence-electron chi connectivity index (χ4n) is 2.45. The van der Waals surface area contributed by atoms with E-state index in [4.69, 9.17) is 23.2 Å². The molecule has 0 fully saturated rings. The van der Waals surface area contributed by atoms with Gasteiger partial charge in [-0.3, -0.25) is 0 Å². The van der Waals surface area contributed by atoms with E-state index in [-0.39, 0.29) is 11.8 Å². The van der Waals surface area contributed by atoms with Crippen LogP contribution in [0.3, 0.4) is 0 Å². The Morgan fingerprint density at radius 1 is 0.714 bits per heavy atom. The minimum atomic E-state index is 0.247. The molecule has 1 N–H and O–H groups in total. The third kappa shape index (κ3) is 3.53. The molecule has 2 rings (SSSR count). The van der Waals surface area contributed by atoms with Gasteiger partial charge in [-0.2, -0.15) is 0 Å². The van der Waals surface area contributed by atoms with E-state index in [2.05, 4.69) is 27.7 Å². The highest BCUT2D eigenvalue weighted by Gasteiger charge is 2.16. The number of hydrogen-bond donors (Lipinski definition) is 1. The van der Waals surface area contributed by atoms with Crippen LogP contribution < -0.4 is 0 Å². The van der Waals surface area contributed by atoms with Crippen LogP contribution in [0.25, 0.3) is 11.1 Å². The molecule has 0 aliphatic carbocycles. The quantitative estimate of drug-likeness (QED) is 0.673. The predicted molar refractivity (Wildman–Crippen MR) is 91.7 cm³/mol. The molecule has 1 nitrogen and oxygen atoms in total. The van der Waals surface area contributed by atoms with Crippen LogP contribution in [0.1, 0.15) is 50.7 Å². The maximum absolute atomic E-state index is 10.5. The number of hydrogen-bond acceptors (Lipinski definition) is 1. The first-order chi connectivity index (χ1) is 9.79. The summed E-state index contributed by atoms with van der Waals surface area (Å²) >= 11 is 12.2. The lowest BCUT2D eigenvalue weighted by molar-refractivity contribution is 0.454. The molecule has 0 bridgehead atoms. The van der Waals surface area contributed by atoms with Crippen molar-refractivity contribution in [3.63, 3.8) is 0 Å². The van der Waals surface area contributed by atoms with Crippen LogP contribution in [-0.2, 0) is 0 Å². The van der Waals surface area contributed by atoms with Crippen molar-refractivity contribution >= 4 is 23.2 Å². The summed E-state index contributed by atoms with van der Waals surface area (Å²) in [6.07, 6.45) is 0. The van der Waals surface area contributed by atoms with Gasteiger partial charge in [0.25, 0.3) is 0 Å². The van der Waals surface area contributed by atoms with Gasteiger partial charge in [0, 0.05) is 10.0 Å². The van der Waals surface area contributed by atoms with Crippen LogP contribution in [-0.4, -0.2) is 5.11 Å². The molecule has 0 atom stereocenters. The monoisotopic (exact) mass is 322 g/mol. The van der Waals surface area contributed by atoms with Crippen LogP contribution >= 0.6 is 23.2 Å². The normalized spacial score (nSPS) is 11.4. The smallest absolute Gasteiger partial charge is 0.122 e. The molecular formula is C18H20Cl2O. The molecule has 0 amide bonds. The molecule has 0 unspecified atom stereocenters. The molecular weight excluding hydrogens is 303 g/mol. The van der Waals surface area contributed by atoms with Gasteiger partial charge >= 0.3 is 0 Å². The van der Waals surface area contributed by atoms with Crippen LogP contribution in [0.15, 0.2) is 30.3 Å². The molecule has 3 heteroatoms. The zero-order valence-electron chi connectivity index (χ0n) is 12.7.